The lowest BCUT2D eigenvalue weighted by Gasteiger charge is -2.16. The van der Waals surface area contributed by atoms with Gasteiger partial charge in [-0.3, -0.25) is 4.79 Å². The molecule has 2 aromatic heterocycles. The van der Waals surface area contributed by atoms with E-state index in [2.05, 4.69) is 25.2 Å². The van der Waals surface area contributed by atoms with Crippen LogP contribution < -0.4 is 10.6 Å². The number of rotatable bonds is 6. The summed E-state index contributed by atoms with van der Waals surface area (Å²) in [5, 5.41) is 8.46. The first-order valence-corrected chi connectivity index (χ1v) is 7.46. The number of anilines is 1. The van der Waals surface area contributed by atoms with Crippen molar-refractivity contribution in [2.75, 3.05) is 18.9 Å². The van der Waals surface area contributed by atoms with Crippen LogP contribution in [0.2, 0.25) is 0 Å². The third-order valence-electron chi connectivity index (χ3n) is 3.61. The molecule has 1 aliphatic carbocycles. The monoisotopic (exact) mass is 291 g/mol. The minimum Gasteiger partial charge on any atom is -0.365 e. The third-order valence-corrected chi connectivity index (χ3v) is 4.47. The number of thiazole rings is 1. The highest BCUT2D eigenvalue weighted by Gasteiger charge is 2.43. The first kappa shape index (κ1) is 13.1. The quantitative estimate of drug-likeness (QED) is 0.848. The Hall–Kier alpha value is -1.89. The fourth-order valence-corrected chi connectivity index (χ4v) is 2.84. The van der Waals surface area contributed by atoms with Gasteiger partial charge in [-0.05, 0) is 12.8 Å². The summed E-state index contributed by atoms with van der Waals surface area (Å²) in [6, 6.07) is 0. The Kier molecular flexibility index (Phi) is 3.43. The topological polar surface area (TPSA) is 71.8 Å². The second-order valence-corrected chi connectivity index (χ2v) is 6.06. The zero-order valence-electron chi connectivity index (χ0n) is 11.3. The molecule has 7 heteroatoms. The SMILES string of the molecule is CNc1nc(C(=O)NCC2(Cn3ccnc3)CC2)cs1. The van der Waals surface area contributed by atoms with Crippen molar-refractivity contribution in [3.63, 3.8) is 0 Å². The van der Waals surface area contributed by atoms with E-state index < -0.39 is 0 Å². The smallest absolute Gasteiger partial charge is 0.270 e. The molecule has 0 saturated heterocycles. The summed E-state index contributed by atoms with van der Waals surface area (Å²) in [5.74, 6) is -0.0975. The molecule has 0 aliphatic heterocycles. The Bertz CT molecular complexity index is 588. The highest BCUT2D eigenvalue weighted by molar-refractivity contribution is 7.13. The molecule has 0 atom stereocenters. The lowest BCUT2D eigenvalue weighted by atomic mass is 10.1. The van der Waals surface area contributed by atoms with Gasteiger partial charge in [-0.15, -0.1) is 11.3 Å². The lowest BCUT2D eigenvalue weighted by molar-refractivity contribution is 0.0938. The van der Waals surface area contributed by atoms with E-state index in [9.17, 15) is 4.79 Å². The van der Waals surface area contributed by atoms with Crippen LogP contribution in [0.15, 0.2) is 24.1 Å². The van der Waals surface area contributed by atoms with Crippen LogP contribution in [0, 0.1) is 5.41 Å². The Morgan fingerprint density at radius 3 is 3.00 bits per heavy atom. The molecule has 0 aromatic carbocycles. The predicted octanol–water partition coefficient (Wildman–Crippen LogP) is 1.59. The maximum Gasteiger partial charge on any atom is 0.270 e. The van der Waals surface area contributed by atoms with Crippen molar-refractivity contribution in [3.05, 3.63) is 29.8 Å². The summed E-state index contributed by atoms with van der Waals surface area (Å²) >= 11 is 1.44. The van der Waals surface area contributed by atoms with Gasteiger partial charge in [0.15, 0.2) is 5.13 Å². The standard InChI is InChI=1S/C13H17N5OS/c1-14-12-17-10(6-20-12)11(19)16-7-13(2-3-13)8-18-5-4-15-9-18/h4-6,9H,2-3,7-8H2,1H3,(H,14,17)(H,16,19). The zero-order chi connectivity index (χ0) is 14.0. The molecule has 0 radical (unpaired) electrons. The molecule has 1 saturated carbocycles. The number of nitrogens with one attached hydrogen (secondary N) is 2. The summed E-state index contributed by atoms with van der Waals surface area (Å²) in [6.07, 6.45) is 7.85. The van der Waals surface area contributed by atoms with Crippen molar-refractivity contribution in [3.8, 4) is 0 Å². The molecule has 6 nitrogen and oxygen atoms in total. The molecule has 1 fully saturated rings. The minimum atomic E-state index is -0.0975. The van der Waals surface area contributed by atoms with Crippen LogP contribution in [-0.2, 0) is 6.54 Å². The Morgan fingerprint density at radius 2 is 2.40 bits per heavy atom. The van der Waals surface area contributed by atoms with E-state index in [1.54, 1.807) is 18.6 Å². The largest absolute Gasteiger partial charge is 0.365 e. The highest BCUT2D eigenvalue weighted by Crippen LogP contribution is 2.46. The summed E-state index contributed by atoms with van der Waals surface area (Å²) < 4.78 is 2.07. The van der Waals surface area contributed by atoms with E-state index >= 15 is 0 Å². The summed E-state index contributed by atoms with van der Waals surface area (Å²) in [6.45, 7) is 1.60. The molecule has 2 heterocycles. The van der Waals surface area contributed by atoms with Gasteiger partial charge >= 0.3 is 0 Å². The van der Waals surface area contributed by atoms with Gasteiger partial charge in [-0.25, -0.2) is 9.97 Å². The zero-order valence-corrected chi connectivity index (χ0v) is 12.1. The van der Waals surface area contributed by atoms with Crippen LogP contribution in [0.4, 0.5) is 5.13 Å². The molecular weight excluding hydrogens is 274 g/mol. The number of amides is 1. The Labute approximate surface area is 121 Å². The van der Waals surface area contributed by atoms with Crippen molar-refractivity contribution < 1.29 is 4.79 Å². The van der Waals surface area contributed by atoms with E-state index in [4.69, 9.17) is 0 Å². The molecule has 1 aliphatic rings. The predicted molar refractivity (Wildman–Crippen MR) is 77.9 cm³/mol. The molecule has 106 valence electrons. The van der Waals surface area contributed by atoms with Gasteiger partial charge in [0.2, 0.25) is 0 Å². The highest BCUT2D eigenvalue weighted by atomic mass is 32.1. The Balaban J connectivity index is 1.55. The van der Waals surface area contributed by atoms with Gasteiger partial charge in [0.25, 0.3) is 5.91 Å². The van der Waals surface area contributed by atoms with Gasteiger partial charge in [0, 0.05) is 43.3 Å². The number of imidazole rings is 1. The molecule has 20 heavy (non-hydrogen) atoms. The van der Waals surface area contributed by atoms with Crippen LogP contribution in [-0.4, -0.2) is 34.0 Å². The number of hydrogen-bond donors (Lipinski definition) is 2. The van der Waals surface area contributed by atoms with Crippen LogP contribution >= 0.6 is 11.3 Å². The molecule has 3 rings (SSSR count). The number of hydrogen-bond acceptors (Lipinski definition) is 5. The van der Waals surface area contributed by atoms with Gasteiger partial charge in [-0.1, -0.05) is 0 Å². The molecule has 0 bridgehead atoms. The van der Waals surface area contributed by atoms with Crippen LogP contribution in [0.1, 0.15) is 23.3 Å². The van der Waals surface area contributed by atoms with Crippen molar-refractivity contribution in [1.82, 2.24) is 19.9 Å². The average molecular weight is 291 g/mol. The third kappa shape index (κ3) is 2.82. The minimum absolute atomic E-state index is 0.0975. The van der Waals surface area contributed by atoms with Crippen molar-refractivity contribution in [1.29, 1.82) is 0 Å². The number of carbonyl (C=O) groups excluding carboxylic acids is 1. The fraction of sp³-hybridized carbons (Fsp3) is 0.462. The molecule has 1 amide bonds. The van der Waals surface area contributed by atoms with E-state index in [0.717, 1.165) is 24.5 Å². The van der Waals surface area contributed by atoms with E-state index in [-0.39, 0.29) is 11.3 Å². The molecule has 2 N–H and O–H groups in total. The van der Waals surface area contributed by atoms with Gasteiger partial charge in [-0.2, -0.15) is 0 Å². The van der Waals surface area contributed by atoms with Gasteiger partial charge < -0.3 is 15.2 Å². The fourth-order valence-electron chi connectivity index (χ4n) is 2.19. The lowest BCUT2D eigenvalue weighted by Crippen LogP contribution is -2.32. The maximum absolute atomic E-state index is 12.0. The normalized spacial score (nSPS) is 15.8. The summed E-state index contributed by atoms with van der Waals surface area (Å²) in [4.78, 5) is 20.3. The van der Waals surface area contributed by atoms with E-state index in [1.165, 1.54) is 11.3 Å². The average Bonchev–Trinajstić information content (AvgIpc) is 2.87. The molecule has 2 aromatic rings. The van der Waals surface area contributed by atoms with Gasteiger partial charge in [0.1, 0.15) is 5.69 Å². The second kappa shape index (κ2) is 5.24. The van der Waals surface area contributed by atoms with Crippen molar-refractivity contribution in [2.45, 2.75) is 19.4 Å². The van der Waals surface area contributed by atoms with E-state index in [1.807, 2.05) is 12.5 Å². The van der Waals surface area contributed by atoms with Gasteiger partial charge in [0.05, 0.1) is 6.33 Å². The molecule has 0 spiro atoms. The number of carbonyl (C=O) groups is 1. The molecular formula is C13H17N5OS. The Morgan fingerprint density at radius 1 is 1.55 bits per heavy atom. The van der Waals surface area contributed by atoms with Crippen molar-refractivity contribution >= 4 is 22.4 Å². The number of aromatic nitrogens is 3. The first-order chi connectivity index (χ1) is 9.71. The molecule has 0 unspecified atom stereocenters. The van der Waals surface area contributed by atoms with Crippen molar-refractivity contribution in [2.24, 2.45) is 5.41 Å². The summed E-state index contributed by atoms with van der Waals surface area (Å²) in [7, 11) is 1.80. The van der Waals surface area contributed by atoms with Crippen LogP contribution in [0.5, 0.6) is 0 Å². The maximum atomic E-state index is 12.0. The van der Waals surface area contributed by atoms with Crippen LogP contribution in [0.3, 0.4) is 0 Å². The second-order valence-electron chi connectivity index (χ2n) is 5.21. The first-order valence-electron chi connectivity index (χ1n) is 6.58. The number of nitrogens with zero attached hydrogens (tertiary/aromatic N) is 3. The van der Waals surface area contributed by atoms with Crippen LogP contribution in [0.25, 0.3) is 0 Å². The summed E-state index contributed by atoms with van der Waals surface area (Å²) in [5.41, 5.74) is 0.677. The van der Waals surface area contributed by atoms with E-state index in [0.29, 0.717) is 12.2 Å².